The Balaban J connectivity index is 0.00000264. The normalized spacial score (nSPS) is 10.5. The van der Waals surface area contributed by atoms with Crippen LogP contribution >= 0.6 is 35.6 Å². The van der Waals surface area contributed by atoms with E-state index in [1.807, 2.05) is 24.3 Å². The SMILES string of the molecule is Cl.Nn1cnnc1NN=Cc1ccc(N(CCCl)CCCl)cc1. The van der Waals surface area contributed by atoms with Gasteiger partial charge in [-0.05, 0) is 17.7 Å². The minimum Gasteiger partial charge on any atom is -0.369 e. The first-order chi connectivity index (χ1) is 10.7. The number of halogens is 3. The standard InChI is InChI=1S/C13H17Cl2N7.ClH/c14-5-7-21(8-6-15)12-3-1-11(2-4-12)9-17-19-13-20-18-10-22(13)16;/h1-4,9-10H,5-8,16H2,(H,19,20);1H. The third kappa shape index (κ3) is 5.78. The van der Waals surface area contributed by atoms with E-state index >= 15 is 0 Å². The number of benzene rings is 1. The van der Waals surface area contributed by atoms with Gasteiger partial charge in [-0.3, -0.25) is 0 Å². The molecule has 0 radical (unpaired) electrons. The first-order valence-electron chi connectivity index (χ1n) is 6.65. The van der Waals surface area contributed by atoms with Crippen LogP contribution in [0.4, 0.5) is 11.6 Å². The molecule has 0 aliphatic rings. The monoisotopic (exact) mass is 377 g/mol. The van der Waals surface area contributed by atoms with Gasteiger partial charge in [0.15, 0.2) is 0 Å². The lowest BCUT2D eigenvalue weighted by molar-refractivity contribution is 0.874. The minimum absolute atomic E-state index is 0. The number of nitrogen functional groups attached to an aromatic ring is 1. The van der Waals surface area contributed by atoms with Gasteiger partial charge in [-0.2, -0.15) is 5.10 Å². The molecule has 7 nitrogen and oxygen atoms in total. The van der Waals surface area contributed by atoms with Crippen LogP contribution in [-0.4, -0.2) is 45.9 Å². The molecule has 0 spiro atoms. The van der Waals surface area contributed by atoms with Crippen LogP contribution in [0.25, 0.3) is 0 Å². The number of alkyl halides is 2. The molecular formula is C13H18Cl3N7. The number of anilines is 2. The number of nitrogens with two attached hydrogens (primary N) is 1. The summed E-state index contributed by atoms with van der Waals surface area (Å²) in [4.78, 5) is 2.13. The molecule has 0 aliphatic heterocycles. The zero-order valence-electron chi connectivity index (χ0n) is 12.3. The average Bonchev–Trinajstić information content (AvgIpc) is 2.93. The van der Waals surface area contributed by atoms with Gasteiger partial charge in [0, 0.05) is 30.5 Å². The first-order valence-corrected chi connectivity index (χ1v) is 7.72. The molecule has 1 heterocycles. The van der Waals surface area contributed by atoms with Gasteiger partial charge in [-0.25, -0.2) is 10.1 Å². The van der Waals surface area contributed by atoms with Crippen molar-refractivity contribution in [2.45, 2.75) is 0 Å². The summed E-state index contributed by atoms with van der Waals surface area (Å²) >= 11 is 11.6. The predicted molar refractivity (Wildman–Crippen MR) is 98.7 cm³/mol. The van der Waals surface area contributed by atoms with E-state index in [0.717, 1.165) is 24.3 Å². The largest absolute Gasteiger partial charge is 0.369 e. The Morgan fingerprint density at radius 1 is 1.22 bits per heavy atom. The summed E-state index contributed by atoms with van der Waals surface area (Å²) < 4.78 is 1.25. The van der Waals surface area contributed by atoms with E-state index in [2.05, 4.69) is 25.6 Å². The average molecular weight is 379 g/mol. The third-order valence-electron chi connectivity index (χ3n) is 2.92. The molecule has 23 heavy (non-hydrogen) atoms. The molecule has 126 valence electrons. The minimum atomic E-state index is 0. The highest BCUT2D eigenvalue weighted by molar-refractivity contribution is 6.18. The second-order valence-electron chi connectivity index (χ2n) is 4.39. The zero-order valence-corrected chi connectivity index (χ0v) is 14.6. The van der Waals surface area contributed by atoms with Gasteiger partial charge in [0.05, 0.1) is 6.21 Å². The molecule has 0 bridgehead atoms. The van der Waals surface area contributed by atoms with Crippen molar-refractivity contribution in [3.8, 4) is 0 Å². The van der Waals surface area contributed by atoms with Gasteiger partial charge in [0.1, 0.15) is 6.33 Å². The lowest BCUT2D eigenvalue weighted by Crippen LogP contribution is -2.27. The molecule has 1 aromatic carbocycles. The van der Waals surface area contributed by atoms with Crippen molar-refractivity contribution in [1.29, 1.82) is 0 Å². The number of hydrazone groups is 1. The van der Waals surface area contributed by atoms with Crippen LogP contribution in [-0.2, 0) is 0 Å². The molecule has 1 aromatic heterocycles. The van der Waals surface area contributed by atoms with Crippen LogP contribution in [0.15, 0.2) is 35.7 Å². The Kier molecular flexibility index (Phi) is 8.53. The second-order valence-corrected chi connectivity index (χ2v) is 5.14. The van der Waals surface area contributed by atoms with E-state index in [9.17, 15) is 0 Å². The first kappa shape index (κ1) is 19.3. The van der Waals surface area contributed by atoms with Crippen LogP contribution in [0.1, 0.15) is 5.56 Å². The zero-order chi connectivity index (χ0) is 15.8. The van der Waals surface area contributed by atoms with Crippen LogP contribution in [0, 0.1) is 0 Å². The number of nitrogens with one attached hydrogen (secondary N) is 1. The van der Waals surface area contributed by atoms with Gasteiger partial charge in [-0.15, -0.1) is 45.8 Å². The van der Waals surface area contributed by atoms with Crippen molar-refractivity contribution in [1.82, 2.24) is 14.9 Å². The summed E-state index contributed by atoms with van der Waals surface area (Å²) in [5, 5.41) is 11.5. The second kappa shape index (κ2) is 10.1. The van der Waals surface area contributed by atoms with E-state index in [1.165, 1.54) is 11.0 Å². The predicted octanol–water partition coefficient (Wildman–Crippen LogP) is 2.14. The molecule has 10 heteroatoms. The molecule has 0 unspecified atom stereocenters. The van der Waals surface area contributed by atoms with Gasteiger partial charge in [-0.1, -0.05) is 12.1 Å². The highest BCUT2D eigenvalue weighted by Gasteiger charge is 2.04. The number of hydrogen-bond acceptors (Lipinski definition) is 6. The van der Waals surface area contributed by atoms with Gasteiger partial charge in [0.25, 0.3) is 5.95 Å². The number of aromatic nitrogens is 3. The molecular weight excluding hydrogens is 361 g/mol. The lowest BCUT2D eigenvalue weighted by atomic mass is 10.2. The summed E-state index contributed by atoms with van der Waals surface area (Å²) in [7, 11) is 0. The summed E-state index contributed by atoms with van der Waals surface area (Å²) in [5.41, 5.74) is 4.73. The van der Waals surface area contributed by atoms with E-state index in [-0.39, 0.29) is 12.4 Å². The van der Waals surface area contributed by atoms with Crippen LogP contribution in [0.2, 0.25) is 0 Å². The molecule has 2 aromatic rings. The quantitative estimate of drug-likeness (QED) is 0.318. The van der Waals surface area contributed by atoms with Crippen molar-refractivity contribution >= 4 is 53.5 Å². The Bertz CT molecular complexity index is 594. The summed E-state index contributed by atoms with van der Waals surface area (Å²) in [6.07, 6.45) is 3.06. The maximum Gasteiger partial charge on any atom is 0.263 e. The van der Waals surface area contributed by atoms with E-state index in [4.69, 9.17) is 29.0 Å². The maximum absolute atomic E-state index is 5.81. The van der Waals surface area contributed by atoms with Crippen molar-refractivity contribution in [2.75, 3.05) is 41.0 Å². The molecule has 0 aliphatic carbocycles. The van der Waals surface area contributed by atoms with Crippen molar-refractivity contribution < 1.29 is 0 Å². The smallest absolute Gasteiger partial charge is 0.263 e. The molecule has 0 fully saturated rings. The van der Waals surface area contributed by atoms with E-state index < -0.39 is 0 Å². The fraction of sp³-hybridized carbons (Fsp3) is 0.308. The van der Waals surface area contributed by atoms with Crippen LogP contribution in [0.3, 0.4) is 0 Å². The molecule has 0 amide bonds. The summed E-state index contributed by atoms with van der Waals surface area (Å²) in [5.74, 6) is 7.04. The van der Waals surface area contributed by atoms with Gasteiger partial charge < -0.3 is 10.7 Å². The topological polar surface area (TPSA) is 84.4 Å². The number of rotatable bonds is 8. The lowest BCUT2D eigenvalue weighted by Gasteiger charge is -2.22. The van der Waals surface area contributed by atoms with Crippen molar-refractivity contribution in [3.63, 3.8) is 0 Å². The summed E-state index contributed by atoms with van der Waals surface area (Å²) in [6.45, 7) is 1.52. The van der Waals surface area contributed by atoms with Gasteiger partial charge >= 0.3 is 0 Å². The Morgan fingerprint density at radius 2 is 1.87 bits per heavy atom. The van der Waals surface area contributed by atoms with Crippen LogP contribution in [0.5, 0.6) is 0 Å². The highest BCUT2D eigenvalue weighted by atomic mass is 35.5. The molecule has 2 rings (SSSR count). The summed E-state index contributed by atoms with van der Waals surface area (Å²) in [6, 6.07) is 7.93. The fourth-order valence-electron chi connectivity index (χ4n) is 1.83. The molecule has 0 atom stereocenters. The van der Waals surface area contributed by atoms with Crippen molar-refractivity contribution in [3.05, 3.63) is 36.2 Å². The highest BCUT2D eigenvalue weighted by Crippen LogP contribution is 2.15. The third-order valence-corrected chi connectivity index (χ3v) is 3.26. The maximum atomic E-state index is 5.81. The Hall–Kier alpha value is -1.70. The number of nitrogens with zero attached hydrogens (tertiary/aromatic N) is 5. The molecule has 3 N–H and O–H groups in total. The Morgan fingerprint density at radius 3 is 2.39 bits per heavy atom. The number of hydrogen-bond donors (Lipinski definition) is 2. The Labute approximate surface area is 150 Å². The fourth-order valence-corrected chi connectivity index (χ4v) is 2.24. The van der Waals surface area contributed by atoms with E-state index in [1.54, 1.807) is 6.21 Å². The van der Waals surface area contributed by atoms with Crippen LogP contribution < -0.4 is 16.2 Å². The molecule has 0 saturated carbocycles. The van der Waals surface area contributed by atoms with Gasteiger partial charge in [0.2, 0.25) is 0 Å². The van der Waals surface area contributed by atoms with Crippen molar-refractivity contribution in [2.24, 2.45) is 5.10 Å². The molecule has 0 saturated heterocycles. The van der Waals surface area contributed by atoms with E-state index in [0.29, 0.717) is 17.7 Å².